The summed E-state index contributed by atoms with van der Waals surface area (Å²) in [7, 11) is 0. The van der Waals surface area contributed by atoms with Crippen LogP contribution in [0.5, 0.6) is 0 Å². The van der Waals surface area contributed by atoms with E-state index < -0.39 is 0 Å². The summed E-state index contributed by atoms with van der Waals surface area (Å²) in [6, 6.07) is 29.2. The second-order valence-electron chi connectivity index (χ2n) is 10.5. The van der Waals surface area contributed by atoms with Crippen molar-refractivity contribution in [3.05, 3.63) is 124 Å². The molecule has 0 atom stereocenters. The van der Waals surface area contributed by atoms with Crippen molar-refractivity contribution in [3.63, 3.8) is 0 Å². The number of carbonyl (C=O) groups excluding carboxylic acids is 1. The Balaban J connectivity index is 1.22. The lowest BCUT2D eigenvalue weighted by molar-refractivity contribution is -0.120. The fourth-order valence-corrected chi connectivity index (χ4v) is 5.35. The van der Waals surface area contributed by atoms with E-state index in [9.17, 15) is 4.79 Å². The number of imidazole rings is 1. The number of amides is 1. The summed E-state index contributed by atoms with van der Waals surface area (Å²) in [5.41, 5.74) is 12.3. The van der Waals surface area contributed by atoms with Crippen LogP contribution in [0.3, 0.4) is 0 Å². The maximum Gasteiger partial charge on any atom is 0.224 e. The molecule has 0 saturated carbocycles. The summed E-state index contributed by atoms with van der Waals surface area (Å²) >= 11 is 0. The summed E-state index contributed by atoms with van der Waals surface area (Å²) in [6.45, 7) is 10.3. The molecule has 5 aromatic rings. The maximum absolute atomic E-state index is 12.6. The van der Waals surface area contributed by atoms with Crippen LogP contribution in [0.15, 0.2) is 84.9 Å². The Bertz CT molecular complexity index is 1570. The lowest BCUT2D eigenvalue weighted by Gasteiger charge is -2.18. The number of aryl methyl sites for hydroxylation is 3. The number of carbonyl (C=O) groups is 1. The summed E-state index contributed by atoms with van der Waals surface area (Å²) in [5.74, 6) is 1.12. The van der Waals surface area contributed by atoms with Crippen LogP contribution in [0.1, 0.15) is 45.6 Å². The number of rotatable bonds is 9. The molecule has 1 aromatic heterocycles. The highest BCUT2D eigenvalue weighted by molar-refractivity contribution is 5.79. The number of hydrogen-bond donors (Lipinski definition) is 1. The van der Waals surface area contributed by atoms with E-state index in [0.717, 1.165) is 47.4 Å². The molecule has 1 heterocycles. The predicted octanol–water partition coefficient (Wildman–Crippen LogP) is 7.28. The van der Waals surface area contributed by atoms with Crippen LogP contribution >= 0.6 is 0 Å². The van der Waals surface area contributed by atoms with Crippen LogP contribution in [-0.4, -0.2) is 22.0 Å². The van der Waals surface area contributed by atoms with Crippen LogP contribution in [0, 0.1) is 27.7 Å². The fraction of sp³-hybridized carbons (Fsp3) is 0.257. The Morgan fingerprint density at radius 2 is 1.44 bits per heavy atom. The molecule has 0 bridgehead atoms. The molecular formula is C35H37N3O. The van der Waals surface area contributed by atoms with Gasteiger partial charge in [0, 0.05) is 19.5 Å². The molecule has 5 rings (SSSR count). The fourth-order valence-electron chi connectivity index (χ4n) is 5.35. The van der Waals surface area contributed by atoms with Crippen LogP contribution in [0.25, 0.3) is 22.2 Å². The van der Waals surface area contributed by atoms with Crippen molar-refractivity contribution in [2.75, 3.05) is 6.54 Å². The average Bonchev–Trinajstić information content (AvgIpc) is 3.30. The second kappa shape index (κ2) is 11.7. The van der Waals surface area contributed by atoms with Gasteiger partial charge in [-0.3, -0.25) is 4.79 Å². The molecule has 4 heteroatoms. The Morgan fingerprint density at radius 1 is 0.795 bits per heavy atom. The molecule has 0 fully saturated rings. The van der Waals surface area contributed by atoms with Gasteiger partial charge >= 0.3 is 0 Å². The number of para-hydroxylation sites is 2. The SMILES string of the molecule is Cc1cc(C)c(C)c(Cn2c(CCCNC(=O)Cc3ccc(-c4ccccc4)cc3)nc3ccccc32)c1C. The van der Waals surface area contributed by atoms with Crippen molar-refractivity contribution in [3.8, 4) is 11.1 Å². The van der Waals surface area contributed by atoms with E-state index in [-0.39, 0.29) is 5.91 Å². The first-order chi connectivity index (χ1) is 18.9. The largest absolute Gasteiger partial charge is 0.356 e. The first-order valence-electron chi connectivity index (χ1n) is 13.8. The zero-order valence-electron chi connectivity index (χ0n) is 23.4. The molecule has 0 aliphatic heterocycles. The van der Waals surface area contributed by atoms with Gasteiger partial charge in [0.25, 0.3) is 0 Å². The first-order valence-corrected chi connectivity index (χ1v) is 13.8. The number of nitrogens with zero attached hydrogens (tertiary/aromatic N) is 2. The quantitative estimate of drug-likeness (QED) is 0.210. The zero-order chi connectivity index (χ0) is 27.4. The van der Waals surface area contributed by atoms with Gasteiger partial charge in [-0.1, -0.05) is 72.8 Å². The van der Waals surface area contributed by atoms with Crippen molar-refractivity contribution in [1.82, 2.24) is 14.9 Å². The number of aromatic nitrogens is 2. The smallest absolute Gasteiger partial charge is 0.224 e. The molecule has 0 spiro atoms. The molecule has 0 aliphatic carbocycles. The third-order valence-corrected chi connectivity index (χ3v) is 7.90. The van der Waals surface area contributed by atoms with E-state index in [2.05, 4.69) is 86.1 Å². The van der Waals surface area contributed by atoms with Crippen LogP contribution in [0.4, 0.5) is 0 Å². The van der Waals surface area contributed by atoms with E-state index >= 15 is 0 Å². The minimum absolute atomic E-state index is 0.0532. The lowest BCUT2D eigenvalue weighted by atomic mass is 9.94. The second-order valence-corrected chi connectivity index (χ2v) is 10.5. The van der Waals surface area contributed by atoms with Crippen LogP contribution < -0.4 is 5.32 Å². The molecule has 0 saturated heterocycles. The maximum atomic E-state index is 12.6. The Hall–Kier alpha value is -4.18. The van der Waals surface area contributed by atoms with Gasteiger partial charge < -0.3 is 9.88 Å². The normalized spacial score (nSPS) is 11.2. The molecular weight excluding hydrogens is 478 g/mol. The van der Waals surface area contributed by atoms with Crippen molar-refractivity contribution in [2.45, 2.75) is 53.5 Å². The van der Waals surface area contributed by atoms with Gasteiger partial charge in [0.2, 0.25) is 5.91 Å². The van der Waals surface area contributed by atoms with E-state index in [1.807, 2.05) is 36.4 Å². The number of fused-ring (bicyclic) bond motifs is 1. The summed E-state index contributed by atoms with van der Waals surface area (Å²) in [4.78, 5) is 17.6. The Kier molecular flexibility index (Phi) is 7.92. The van der Waals surface area contributed by atoms with Gasteiger partial charge in [0.1, 0.15) is 5.82 Å². The lowest BCUT2D eigenvalue weighted by Crippen LogP contribution is -2.26. The number of nitrogens with one attached hydrogen (secondary N) is 1. The first kappa shape index (κ1) is 26.4. The summed E-state index contributed by atoms with van der Waals surface area (Å²) in [6.07, 6.45) is 2.04. The molecule has 0 radical (unpaired) electrons. The van der Waals surface area contributed by atoms with Gasteiger partial charge in [-0.2, -0.15) is 0 Å². The van der Waals surface area contributed by atoms with Crippen LogP contribution in [-0.2, 0) is 24.2 Å². The average molecular weight is 516 g/mol. The standard InChI is InChI=1S/C35H37N3O/c1-24-21-25(2)27(4)31(26(24)3)23-38-33-14-9-8-13-32(33)37-34(38)15-10-20-36-35(39)22-28-16-18-30(19-17-28)29-11-6-5-7-12-29/h5-9,11-14,16-19,21H,10,15,20,22-23H2,1-4H3,(H,36,39). The van der Waals surface area contributed by atoms with Gasteiger partial charge in [-0.25, -0.2) is 4.98 Å². The third kappa shape index (κ3) is 5.96. The molecule has 4 aromatic carbocycles. The highest BCUT2D eigenvalue weighted by atomic mass is 16.1. The van der Waals surface area contributed by atoms with E-state index in [4.69, 9.17) is 4.98 Å². The minimum Gasteiger partial charge on any atom is -0.356 e. The monoisotopic (exact) mass is 515 g/mol. The van der Waals surface area contributed by atoms with Gasteiger partial charge in [0.15, 0.2) is 0 Å². The predicted molar refractivity (Wildman–Crippen MR) is 161 cm³/mol. The summed E-state index contributed by atoms with van der Waals surface area (Å²) < 4.78 is 2.36. The number of benzene rings is 4. The van der Waals surface area contributed by atoms with Gasteiger partial charge in [0.05, 0.1) is 17.5 Å². The molecule has 4 nitrogen and oxygen atoms in total. The zero-order valence-corrected chi connectivity index (χ0v) is 23.4. The van der Waals surface area contributed by atoms with Gasteiger partial charge in [-0.05, 0) is 90.8 Å². The Morgan fingerprint density at radius 3 is 2.15 bits per heavy atom. The topological polar surface area (TPSA) is 46.9 Å². The van der Waals surface area contributed by atoms with E-state index in [1.54, 1.807) is 0 Å². The minimum atomic E-state index is 0.0532. The molecule has 39 heavy (non-hydrogen) atoms. The molecule has 0 unspecified atom stereocenters. The van der Waals surface area contributed by atoms with E-state index in [1.165, 1.54) is 33.4 Å². The van der Waals surface area contributed by atoms with Crippen molar-refractivity contribution < 1.29 is 4.79 Å². The molecule has 1 amide bonds. The van der Waals surface area contributed by atoms with Crippen molar-refractivity contribution >= 4 is 16.9 Å². The van der Waals surface area contributed by atoms with Crippen molar-refractivity contribution in [2.24, 2.45) is 0 Å². The van der Waals surface area contributed by atoms with Crippen molar-refractivity contribution in [1.29, 1.82) is 0 Å². The highest BCUT2D eigenvalue weighted by Gasteiger charge is 2.15. The third-order valence-electron chi connectivity index (χ3n) is 7.90. The highest BCUT2D eigenvalue weighted by Crippen LogP contribution is 2.26. The molecule has 198 valence electrons. The van der Waals surface area contributed by atoms with Gasteiger partial charge in [-0.15, -0.1) is 0 Å². The molecule has 0 aliphatic rings. The van der Waals surface area contributed by atoms with Crippen LogP contribution in [0.2, 0.25) is 0 Å². The molecule has 1 N–H and O–H groups in total. The summed E-state index contributed by atoms with van der Waals surface area (Å²) in [5, 5.41) is 3.11. The number of hydrogen-bond acceptors (Lipinski definition) is 2. The van der Waals surface area contributed by atoms with E-state index in [0.29, 0.717) is 13.0 Å². The Labute approximate surface area is 231 Å².